The Labute approximate surface area is 246 Å². The highest BCUT2D eigenvalue weighted by Gasteiger charge is 2.46. The molecule has 1 aliphatic heterocycles. The summed E-state index contributed by atoms with van der Waals surface area (Å²) in [5.74, 6) is -2.64. The number of likely N-dealkylation sites (tertiary alicyclic amines) is 1. The van der Waals surface area contributed by atoms with Crippen LogP contribution in [-0.2, 0) is 30.7 Å². The number of hydrogen-bond donors (Lipinski definition) is 1. The Kier molecular flexibility index (Phi) is 10.6. The van der Waals surface area contributed by atoms with Gasteiger partial charge in [-0.2, -0.15) is 0 Å². The van der Waals surface area contributed by atoms with Crippen LogP contribution in [0.5, 0.6) is 5.75 Å². The Morgan fingerprint density at radius 1 is 0.929 bits per heavy atom. The molecule has 4 rings (SSSR count). The molecular formula is C32H33F2NO6S. The van der Waals surface area contributed by atoms with E-state index in [1.165, 1.54) is 24.3 Å². The highest BCUT2D eigenvalue weighted by molar-refractivity contribution is 7.84. The average Bonchev–Trinajstić information content (AvgIpc) is 2.98. The fraction of sp³-hybridized carbons (Fsp3) is 0.312. The molecule has 0 aliphatic carbocycles. The molecule has 7 nitrogen and oxygen atoms in total. The van der Waals surface area contributed by atoms with Gasteiger partial charge in [0.2, 0.25) is 0 Å². The average molecular weight is 598 g/mol. The van der Waals surface area contributed by atoms with Crippen molar-refractivity contribution < 1.29 is 37.2 Å². The van der Waals surface area contributed by atoms with Crippen LogP contribution < -0.4 is 4.74 Å². The molecule has 222 valence electrons. The summed E-state index contributed by atoms with van der Waals surface area (Å²) >= 11 is 0. The van der Waals surface area contributed by atoms with E-state index in [0.717, 1.165) is 23.9 Å². The molecule has 1 heterocycles. The first-order valence-electron chi connectivity index (χ1n) is 13.6. The maximum Gasteiger partial charge on any atom is 0.332 e. The van der Waals surface area contributed by atoms with Gasteiger partial charge < -0.3 is 19.5 Å². The van der Waals surface area contributed by atoms with Crippen LogP contribution in [0.2, 0.25) is 0 Å². The molecule has 0 saturated carbocycles. The SMILES string of the molecule is CS(=O)c1ccc(OCCCN2CCC(C(OC(=O)C=CC(=O)O)(c3ccc(F)cc3)c3ccc(F)cc3)CC2)cc1. The fourth-order valence-corrected chi connectivity index (χ4v) is 5.85. The van der Waals surface area contributed by atoms with Gasteiger partial charge in [-0.3, -0.25) is 4.21 Å². The fourth-order valence-electron chi connectivity index (χ4n) is 5.34. The van der Waals surface area contributed by atoms with E-state index < -0.39 is 40.0 Å². The van der Waals surface area contributed by atoms with E-state index in [4.69, 9.17) is 14.6 Å². The highest BCUT2D eigenvalue weighted by atomic mass is 32.2. The summed E-state index contributed by atoms with van der Waals surface area (Å²) < 4.78 is 51.4. The molecule has 1 fully saturated rings. The number of benzene rings is 3. The van der Waals surface area contributed by atoms with Gasteiger partial charge in [0.1, 0.15) is 17.4 Å². The first-order chi connectivity index (χ1) is 20.2. The Bertz CT molecular complexity index is 1360. The third-order valence-electron chi connectivity index (χ3n) is 7.38. The molecule has 1 N–H and O–H groups in total. The standard InChI is InChI=1S/C32H33F2NO6S/c1-42(39)29-13-11-28(12-14-29)40-22-2-19-35-20-17-25(18-21-35)32(23-3-7-26(33)8-4-23,24-5-9-27(34)10-6-24)41-31(38)16-15-30(36)37/h3-16,25H,2,17-22H2,1H3,(H,36,37). The van der Waals surface area contributed by atoms with Gasteiger partial charge in [0.25, 0.3) is 0 Å². The van der Waals surface area contributed by atoms with Crippen LogP contribution in [-0.4, -0.2) is 58.7 Å². The second kappa shape index (κ2) is 14.3. The number of nitrogens with zero attached hydrogens (tertiary/aromatic N) is 1. The van der Waals surface area contributed by atoms with E-state index >= 15 is 0 Å². The molecule has 3 aromatic carbocycles. The largest absolute Gasteiger partial charge is 0.494 e. The van der Waals surface area contributed by atoms with Gasteiger partial charge in [0.15, 0.2) is 5.60 Å². The normalized spacial score (nSPS) is 15.4. The number of carbonyl (C=O) groups is 2. The number of carboxylic acid groups (broad SMARTS) is 1. The van der Waals surface area contributed by atoms with Gasteiger partial charge in [-0.05, 0) is 80.9 Å². The molecule has 1 atom stereocenters. The lowest BCUT2D eigenvalue weighted by molar-refractivity contribution is -0.158. The summed E-state index contributed by atoms with van der Waals surface area (Å²) in [4.78, 5) is 27.0. The zero-order valence-corrected chi connectivity index (χ0v) is 24.0. The Balaban J connectivity index is 1.49. The molecular weight excluding hydrogens is 564 g/mol. The van der Waals surface area contributed by atoms with Gasteiger partial charge in [0.05, 0.1) is 6.61 Å². The number of aliphatic carboxylic acids is 1. The molecule has 42 heavy (non-hydrogen) atoms. The van der Waals surface area contributed by atoms with Crippen molar-refractivity contribution in [2.45, 2.75) is 29.8 Å². The Morgan fingerprint density at radius 3 is 1.98 bits per heavy atom. The van der Waals surface area contributed by atoms with E-state index in [9.17, 15) is 22.6 Å². The molecule has 1 unspecified atom stereocenters. The Morgan fingerprint density at radius 2 is 1.48 bits per heavy atom. The second-order valence-electron chi connectivity index (χ2n) is 10.1. The minimum absolute atomic E-state index is 0.259. The van der Waals surface area contributed by atoms with Crippen molar-refractivity contribution in [1.29, 1.82) is 0 Å². The minimum Gasteiger partial charge on any atom is -0.494 e. The first kappa shape index (κ1) is 31.1. The summed E-state index contributed by atoms with van der Waals surface area (Å²) in [7, 11) is -1.04. The van der Waals surface area contributed by atoms with Crippen LogP contribution in [0.3, 0.4) is 0 Å². The van der Waals surface area contributed by atoms with Gasteiger partial charge in [-0.25, -0.2) is 18.4 Å². The van der Waals surface area contributed by atoms with Crippen molar-refractivity contribution in [2.75, 3.05) is 32.5 Å². The predicted octanol–water partition coefficient (Wildman–Crippen LogP) is 5.31. The lowest BCUT2D eigenvalue weighted by atomic mass is 9.71. The number of piperidine rings is 1. The van der Waals surface area contributed by atoms with Crippen molar-refractivity contribution in [2.24, 2.45) is 5.92 Å². The van der Waals surface area contributed by atoms with Crippen molar-refractivity contribution in [3.8, 4) is 5.75 Å². The third kappa shape index (κ3) is 7.89. The van der Waals surface area contributed by atoms with Crippen molar-refractivity contribution in [1.82, 2.24) is 4.90 Å². The molecule has 0 radical (unpaired) electrons. The van der Waals surface area contributed by atoms with Crippen LogP contribution in [0.1, 0.15) is 30.4 Å². The summed E-state index contributed by atoms with van der Waals surface area (Å²) in [6, 6.07) is 18.5. The van der Waals surface area contributed by atoms with Crippen LogP contribution in [0.25, 0.3) is 0 Å². The highest BCUT2D eigenvalue weighted by Crippen LogP contribution is 2.45. The van der Waals surface area contributed by atoms with Gasteiger partial charge in [0, 0.05) is 57.7 Å². The number of halogens is 2. The van der Waals surface area contributed by atoms with Crippen LogP contribution in [0.4, 0.5) is 8.78 Å². The topological polar surface area (TPSA) is 93.1 Å². The zero-order valence-electron chi connectivity index (χ0n) is 23.2. The molecule has 1 aliphatic rings. The molecule has 0 bridgehead atoms. The summed E-state index contributed by atoms with van der Waals surface area (Å²) in [5, 5.41) is 9.01. The van der Waals surface area contributed by atoms with Gasteiger partial charge in [-0.1, -0.05) is 24.3 Å². The van der Waals surface area contributed by atoms with E-state index in [-0.39, 0.29) is 5.92 Å². The summed E-state index contributed by atoms with van der Waals surface area (Å²) in [5.41, 5.74) is -0.375. The quantitative estimate of drug-likeness (QED) is 0.172. The lowest BCUT2D eigenvalue weighted by Gasteiger charge is -2.44. The summed E-state index contributed by atoms with van der Waals surface area (Å²) in [6.07, 6.45) is 5.17. The van der Waals surface area contributed by atoms with Crippen molar-refractivity contribution >= 4 is 22.7 Å². The maximum atomic E-state index is 13.9. The van der Waals surface area contributed by atoms with Gasteiger partial charge in [-0.15, -0.1) is 0 Å². The molecule has 0 amide bonds. The molecule has 0 spiro atoms. The second-order valence-corrected chi connectivity index (χ2v) is 11.5. The molecule has 10 heteroatoms. The van der Waals surface area contributed by atoms with Crippen molar-refractivity contribution in [3.63, 3.8) is 0 Å². The lowest BCUT2D eigenvalue weighted by Crippen LogP contribution is -2.47. The van der Waals surface area contributed by atoms with E-state index in [2.05, 4.69) is 4.90 Å². The molecule has 0 aromatic heterocycles. The molecule has 1 saturated heterocycles. The smallest absolute Gasteiger partial charge is 0.332 e. The number of hydrogen-bond acceptors (Lipinski definition) is 6. The number of ether oxygens (including phenoxy) is 2. The first-order valence-corrected chi connectivity index (χ1v) is 15.2. The van der Waals surface area contributed by atoms with Gasteiger partial charge >= 0.3 is 11.9 Å². The maximum absolute atomic E-state index is 13.9. The Hall–Kier alpha value is -3.89. The minimum atomic E-state index is -1.40. The van der Waals surface area contributed by atoms with E-state index in [0.29, 0.717) is 55.5 Å². The molecule has 3 aromatic rings. The van der Waals surface area contributed by atoms with Crippen LogP contribution in [0.15, 0.2) is 89.8 Å². The van der Waals surface area contributed by atoms with Crippen LogP contribution >= 0.6 is 0 Å². The number of carboxylic acids is 1. The number of rotatable bonds is 12. The van der Waals surface area contributed by atoms with E-state index in [1.807, 2.05) is 0 Å². The number of carbonyl (C=O) groups excluding carboxylic acids is 1. The monoisotopic (exact) mass is 597 g/mol. The van der Waals surface area contributed by atoms with Crippen LogP contribution in [0, 0.1) is 17.6 Å². The van der Waals surface area contributed by atoms with Crippen molar-refractivity contribution in [3.05, 3.63) is 108 Å². The predicted molar refractivity (Wildman–Crippen MR) is 154 cm³/mol. The summed E-state index contributed by atoms with van der Waals surface area (Å²) in [6.45, 7) is 2.67. The third-order valence-corrected chi connectivity index (χ3v) is 8.31. The number of esters is 1. The van der Waals surface area contributed by atoms with E-state index in [1.54, 1.807) is 54.8 Å². The zero-order chi connectivity index (χ0) is 30.1.